The van der Waals surface area contributed by atoms with Crippen molar-refractivity contribution < 1.29 is 4.39 Å². The van der Waals surface area contributed by atoms with Crippen LogP contribution >= 0.6 is 11.3 Å². The van der Waals surface area contributed by atoms with Gasteiger partial charge in [0, 0.05) is 15.8 Å². The van der Waals surface area contributed by atoms with Crippen molar-refractivity contribution >= 4 is 11.3 Å². The van der Waals surface area contributed by atoms with Crippen molar-refractivity contribution in [3.63, 3.8) is 0 Å². The SMILES string of the molecule is Cc1ccc(C2(F)CCC(N)CC2)s1. The van der Waals surface area contributed by atoms with Gasteiger partial charge >= 0.3 is 0 Å². The molecule has 0 atom stereocenters. The average molecular weight is 213 g/mol. The smallest absolute Gasteiger partial charge is 0.145 e. The molecular weight excluding hydrogens is 197 g/mol. The summed E-state index contributed by atoms with van der Waals surface area (Å²) in [6, 6.07) is 4.13. The third kappa shape index (κ3) is 1.84. The molecule has 1 aromatic heterocycles. The van der Waals surface area contributed by atoms with E-state index < -0.39 is 5.67 Å². The van der Waals surface area contributed by atoms with Crippen LogP contribution in [0.15, 0.2) is 12.1 Å². The van der Waals surface area contributed by atoms with Gasteiger partial charge in [-0.15, -0.1) is 11.3 Å². The molecule has 1 aromatic rings. The molecule has 0 radical (unpaired) electrons. The quantitative estimate of drug-likeness (QED) is 0.762. The van der Waals surface area contributed by atoms with E-state index in [2.05, 4.69) is 0 Å². The zero-order valence-corrected chi connectivity index (χ0v) is 9.24. The predicted octanol–water partition coefficient (Wildman–Crippen LogP) is 3.12. The van der Waals surface area contributed by atoms with Crippen molar-refractivity contribution in [1.82, 2.24) is 0 Å². The van der Waals surface area contributed by atoms with E-state index in [9.17, 15) is 4.39 Å². The van der Waals surface area contributed by atoms with Crippen LogP contribution in [0.2, 0.25) is 0 Å². The van der Waals surface area contributed by atoms with E-state index in [1.807, 2.05) is 19.1 Å². The molecule has 0 aromatic carbocycles. The Labute approximate surface area is 88.1 Å². The minimum Gasteiger partial charge on any atom is -0.328 e. The molecule has 1 saturated carbocycles. The van der Waals surface area contributed by atoms with Crippen molar-refractivity contribution in [3.05, 3.63) is 21.9 Å². The molecule has 0 bridgehead atoms. The maximum Gasteiger partial charge on any atom is 0.145 e. The fraction of sp³-hybridized carbons (Fsp3) is 0.636. The van der Waals surface area contributed by atoms with Crippen LogP contribution in [0.1, 0.15) is 35.4 Å². The lowest BCUT2D eigenvalue weighted by Gasteiger charge is -2.31. The van der Waals surface area contributed by atoms with Crippen LogP contribution in [0.3, 0.4) is 0 Å². The Kier molecular flexibility index (Phi) is 2.62. The lowest BCUT2D eigenvalue weighted by Crippen LogP contribution is -2.33. The highest BCUT2D eigenvalue weighted by Gasteiger charge is 2.36. The Hall–Kier alpha value is -0.410. The fourth-order valence-electron chi connectivity index (χ4n) is 2.02. The van der Waals surface area contributed by atoms with Crippen LogP contribution in [0.5, 0.6) is 0 Å². The third-order valence-corrected chi connectivity index (χ3v) is 4.18. The van der Waals surface area contributed by atoms with Crippen molar-refractivity contribution in [2.45, 2.75) is 44.3 Å². The molecule has 0 saturated heterocycles. The zero-order valence-electron chi connectivity index (χ0n) is 8.42. The first-order valence-corrected chi connectivity index (χ1v) is 5.93. The van der Waals surface area contributed by atoms with Crippen LogP contribution in [-0.4, -0.2) is 6.04 Å². The van der Waals surface area contributed by atoms with E-state index in [0.717, 1.165) is 17.7 Å². The minimum atomic E-state index is -1.09. The van der Waals surface area contributed by atoms with Crippen LogP contribution in [-0.2, 0) is 5.67 Å². The maximum atomic E-state index is 14.4. The molecule has 1 aliphatic carbocycles. The first-order chi connectivity index (χ1) is 6.60. The Balaban J connectivity index is 2.16. The minimum absolute atomic E-state index is 0.208. The molecule has 1 aliphatic rings. The van der Waals surface area contributed by atoms with Gasteiger partial charge in [-0.3, -0.25) is 0 Å². The number of nitrogens with two attached hydrogens (primary N) is 1. The van der Waals surface area contributed by atoms with Crippen molar-refractivity contribution in [1.29, 1.82) is 0 Å². The van der Waals surface area contributed by atoms with Crippen molar-refractivity contribution in [3.8, 4) is 0 Å². The summed E-state index contributed by atoms with van der Waals surface area (Å²) in [6.07, 6.45) is 2.81. The molecule has 2 N–H and O–H groups in total. The lowest BCUT2D eigenvalue weighted by atomic mass is 9.83. The highest BCUT2D eigenvalue weighted by atomic mass is 32.1. The Morgan fingerprint density at radius 3 is 2.57 bits per heavy atom. The molecule has 0 amide bonds. The van der Waals surface area contributed by atoms with Gasteiger partial charge < -0.3 is 5.73 Å². The van der Waals surface area contributed by atoms with E-state index in [1.165, 1.54) is 4.88 Å². The Bertz CT molecular complexity index is 313. The third-order valence-electron chi connectivity index (χ3n) is 3.00. The average Bonchev–Trinajstić information content (AvgIpc) is 2.58. The molecule has 0 unspecified atom stereocenters. The van der Waals surface area contributed by atoms with Crippen LogP contribution in [0, 0.1) is 6.92 Å². The highest BCUT2D eigenvalue weighted by molar-refractivity contribution is 7.12. The van der Waals surface area contributed by atoms with E-state index in [4.69, 9.17) is 5.73 Å². The highest BCUT2D eigenvalue weighted by Crippen LogP contribution is 2.43. The molecule has 14 heavy (non-hydrogen) atoms. The number of hydrogen-bond donors (Lipinski definition) is 1. The summed E-state index contributed by atoms with van der Waals surface area (Å²) in [6.45, 7) is 2.02. The predicted molar refractivity (Wildman–Crippen MR) is 58.3 cm³/mol. The second-order valence-corrected chi connectivity index (χ2v) is 5.50. The van der Waals surface area contributed by atoms with Crippen molar-refractivity contribution in [2.24, 2.45) is 5.73 Å². The number of aryl methyl sites for hydroxylation is 1. The standard InChI is InChI=1S/C11H16FNS/c1-8-2-3-10(14-8)11(12)6-4-9(13)5-7-11/h2-3,9H,4-7,13H2,1H3. The van der Waals surface area contributed by atoms with Crippen molar-refractivity contribution in [2.75, 3.05) is 0 Å². The summed E-state index contributed by atoms with van der Waals surface area (Å²) in [5, 5.41) is 0. The van der Waals surface area contributed by atoms with Gasteiger partial charge in [-0.1, -0.05) is 0 Å². The topological polar surface area (TPSA) is 26.0 Å². The van der Waals surface area contributed by atoms with E-state index in [1.54, 1.807) is 11.3 Å². The van der Waals surface area contributed by atoms with Gasteiger partial charge in [0.25, 0.3) is 0 Å². The summed E-state index contributed by atoms with van der Waals surface area (Å²) in [4.78, 5) is 2.08. The maximum absolute atomic E-state index is 14.4. The van der Waals surface area contributed by atoms with Crippen LogP contribution < -0.4 is 5.73 Å². The summed E-state index contributed by atoms with van der Waals surface area (Å²) >= 11 is 1.58. The fourth-order valence-corrected chi connectivity index (χ4v) is 3.03. The van der Waals surface area contributed by atoms with E-state index >= 15 is 0 Å². The first-order valence-electron chi connectivity index (χ1n) is 5.11. The van der Waals surface area contributed by atoms with Gasteiger partial charge in [0.1, 0.15) is 5.67 Å². The monoisotopic (exact) mass is 213 g/mol. The molecule has 0 aliphatic heterocycles. The molecule has 3 heteroatoms. The normalized spacial score (nSPS) is 33.2. The summed E-state index contributed by atoms with van der Waals surface area (Å²) in [7, 11) is 0. The number of halogens is 1. The summed E-state index contributed by atoms with van der Waals surface area (Å²) < 4.78 is 14.4. The van der Waals surface area contributed by atoms with Gasteiger partial charge in [0.15, 0.2) is 0 Å². The first kappa shape index (κ1) is 10.1. The van der Waals surface area contributed by atoms with Gasteiger partial charge in [0.05, 0.1) is 0 Å². The van der Waals surface area contributed by atoms with Gasteiger partial charge in [-0.2, -0.15) is 0 Å². The number of hydrogen-bond acceptors (Lipinski definition) is 2. The number of thiophene rings is 1. The molecule has 1 nitrogen and oxygen atoms in total. The lowest BCUT2D eigenvalue weighted by molar-refractivity contribution is 0.102. The molecule has 78 valence electrons. The molecule has 2 rings (SSSR count). The van der Waals surface area contributed by atoms with Gasteiger partial charge in [0.2, 0.25) is 0 Å². The van der Waals surface area contributed by atoms with E-state index in [0.29, 0.717) is 12.8 Å². The summed E-state index contributed by atoms with van der Waals surface area (Å²) in [5.41, 5.74) is 4.69. The Morgan fingerprint density at radius 2 is 2.07 bits per heavy atom. The second-order valence-electron chi connectivity index (χ2n) is 4.21. The zero-order chi connectivity index (χ0) is 10.2. The second kappa shape index (κ2) is 3.63. The number of alkyl halides is 1. The van der Waals surface area contributed by atoms with Gasteiger partial charge in [-0.05, 0) is 44.7 Å². The molecule has 1 fully saturated rings. The number of rotatable bonds is 1. The molecule has 0 spiro atoms. The Morgan fingerprint density at radius 1 is 1.43 bits per heavy atom. The largest absolute Gasteiger partial charge is 0.328 e. The van der Waals surface area contributed by atoms with Crippen LogP contribution in [0.4, 0.5) is 4.39 Å². The summed E-state index contributed by atoms with van der Waals surface area (Å²) in [5.74, 6) is 0. The molecular formula is C11H16FNS. The molecule has 1 heterocycles. The van der Waals surface area contributed by atoms with Crippen LogP contribution in [0.25, 0.3) is 0 Å². The van der Waals surface area contributed by atoms with Gasteiger partial charge in [-0.25, -0.2) is 4.39 Å². The van der Waals surface area contributed by atoms with E-state index in [-0.39, 0.29) is 6.04 Å².